The van der Waals surface area contributed by atoms with Crippen LogP contribution in [0.4, 0.5) is 0 Å². The van der Waals surface area contributed by atoms with Gasteiger partial charge in [0.05, 0.1) is 19.8 Å². The summed E-state index contributed by atoms with van der Waals surface area (Å²) in [6.07, 6.45) is 1.16. The highest BCUT2D eigenvalue weighted by Gasteiger charge is 2.07. The van der Waals surface area contributed by atoms with Gasteiger partial charge in [0.2, 0.25) is 0 Å². The Morgan fingerprint density at radius 2 is 1.89 bits per heavy atom. The zero-order chi connectivity index (χ0) is 19.5. The highest BCUT2D eigenvalue weighted by Crippen LogP contribution is 2.28. The summed E-state index contributed by atoms with van der Waals surface area (Å²) in [5, 5.41) is 14.6. The molecule has 2 rings (SSSR count). The van der Waals surface area contributed by atoms with Gasteiger partial charge in [-0.2, -0.15) is 5.26 Å². The Kier molecular flexibility index (Phi) is 8.14. The number of carbonyl (C=O) groups is 1. The van der Waals surface area contributed by atoms with Gasteiger partial charge in [0.1, 0.15) is 0 Å². The quantitative estimate of drug-likeness (QED) is 0.631. The molecule has 142 valence electrons. The smallest absolute Gasteiger partial charge is 0.251 e. The molecule has 0 aliphatic rings. The third kappa shape index (κ3) is 6.32. The molecule has 0 radical (unpaired) electrons. The highest BCUT2D eigenvalue weighted by molar-refractivity contribution is 5.94. The summed E-state index contributed by atoms with van der Waals surface area (Å²) in [5.41, 5.74) is 2.75. The first-order chi connectivity index (χ1) is 13.2. The molecule has 1 amide bonds. The van der Waals surface area contributed by atoms with Crippen molar-refractivity contribution in [3.8, 4) is 17.6 Å². The van der Waals surface area contributed by atoms with E-state index >= 15 is 0 Å². The van der Waals surface area contributed by atoms with Crippen LogP contribution in [0.25, 0.3) is 0 Å². The number of nitrogens with one attached hydrogen (secondary N) is 2. The average Bonchev–Trinajstić information content (AvgIpc) is 2.71. The maximum absolute atomic E-state index is 11.7. The fraction of sp³-hybridized carbons (Fsp3) is 0.333. The van der Waals surface area contributed by atoms with Crippen molar-refractivity contribution in [3.63, 3.8) is 0 Å². The van der Waals surface area contributed by atoms with Crippen molar-refractivity contribution in [2.45, 2.75) is 25.9 Å². The molecule has 2 N–H and O–H groups in total. The lowest BCUT2D eigenvalue weighted by atomic mass is 10.1. The van der Waals surface area contributed by atoms with Gasteiger partial charge in [0.25, 0.3) is 5.91 Å². The van der Waals surface area contributed by atoms with Crippen LogP contribution >= 0.6 is 0 Å². The lowest BCUT2D eigenvalue weighted by molar-refractivity contribution is 0.0963. The Labute approximate surface area is 160 Å². The largest absolute Gasteiger partial charge is 0.493 e. The van der Waals surface area contributed by atoms with E-state index in [0.29, 0.717) is 49.6 Å². The van der Waals surface area contributed by atoms with Crippen LogP contribution < -0.4 is 20.1 Å². The van der Waals surface area contributed by atoms with E-state index in [0.717, 1.165) is 11.1 Å². The Balaban J connectivity index is 1.93. The van der Waals surface area contributed by atoms with Crippen molar-refractivity contribution in [2.75, 3.05) is 20.8 Å². The van der Waals surface area contributed by atoms with E-state index < -0.39 is 0 Å². The van der Waals surface area contributed by atoms with Crippen molar-refractivity contribution in [1.82, 2.24) is 10.6 Å². The van der Waals surface area contributed by atoms with Gasteiger partial charge in [0.15, 0.2) is 11.5 Å². The number of rotatable bonds is 10. The van der Waals surface area contributed by atoms with E-state index in [1.54, 1.807) is 20.2 Å². The molecule has 0 heterocycles. The van der Waals surface area contributed by atoms with E-state index in [1.807, 2.05) is 36.4 Å². The van der Waals surface area contributed by atoms with E-state index in [2.05, 4.69) is 16.7 Å². The summed E-state index contributed by atoms with van der Waals surface area (Å²) in [6.45, 7) is 1.78. The second-order valence-electron chi connectivity index (χ2n) is 5.98. The number of nitriles is 1. The number of carbonyl (C=O) groups excluding carboxylic acids is 1. The second kappa shape index (κ2) is 10.8. The molecule has 0 spiro atoms. The molecule has 27 heavy (non-hydrogen) atoms. The summed E-state index contributed by atoms with van der Waals surface area (Å²) >= 11 is 0. The van der Waals surface area contributed by atoms with Crippen LogP contribution in [-0.4, -0.2) is 26.7 Å². The molecule has 0 bridgehead atoms. The maximum atomic E-state index is 11.7. The molecule has 2 aromatic carbocycles. The van der Waals surface area contributed by atoms with Gasteiger partial charge in [-0.05, 0) is 41.8 Å². The number of hydrogen-bond donors (Lipinski definition) is 2. The SMILES string of the molecule is CNC(=O)c1cccc(CNCc2ccc(OC)c(OCCCC#N)c2)c1. The highest BCUT2D eigenvalue weighted by atomic mass is 16.5. The molecular formula is C21H25N3O3. The molecule has 0 aliphatic carbocycles. The lowest BCUT2D eigenvalue weighted by Gasteiger charge is -2.12. The van der Waals surface area contributed by atoms with E-state index in [1.165, 1.54) is 0 Å². The van der Waals surface area contributed by atoms with Crippen LogP contribution in [-0.2, 0) is 13.1 Å². The first kappa shape index (κ1) is 20.3. The molecular weight excluding hydrogens is 342 g/mol. The van der Waals surface area contributed by atoms with Gasteiger partial charge in [-0.3, -0.25) is 4.79 Å². The van der Waals surface area contributed by atoms with Crippen LogP contribution in [0.2, 0.25) is 0 Å². The Morgan fingerprint density at radius 1 is 1.11 bits per heavy atom. The molecule has 0 saturated heterocycles. The summed E-state index contributed by atoms with van der Waals surface area (Å²) in [4.78, 5) is 11.7. The van der Waals surface area contributed by atoms with Crippen LogP contribution in [0.15, 0.2) is 42.5 Å². The lowest BCUT2D eigenvalue weighted by Crippen LogP contribution is -2.18. The minimum Gasteiger partial charge on any atom is -0.493 e. The second-order valence-corrected chi connectivity index (χ2v) is 5.98. The third-order valence-electron chi connectivity index (χ3n) is 3.99. The third-order valence-corrected chi connectivity index (χ3v) is 3.99. The zero-order valence-corrected chi connectivity index (χ0v) is 15.7. The number of amides is 1. The fourth-order valence-electron chi connectivity index (χ4n) is 2.60. The van der Waals surface area contributed by atoms with Gasteiger partial charge < -0.3 is 20.1 Å². The predicted molar refractivity (Wildman–Crippen MR) is 104 cm³/mol. The zero-order valence-electron chi connectivity index (χ0n) is 15.7. The molecule has 6 heteroatoms. The number of nitrogens with zero attached hydrogens (tertiary/aromatic N) is 1. The molecule has 0 aromatic heterocycles. The van der Waals surface area contributed by atoms with E-state index in [9.17, 15) is 4.79 Å². The van der Waals surface area contributed by atoms with Crippen molar-refractivity contribution in [3.05, 3.63) is 59.2 Å². The van der Waals surface area contributed by atoms with Crippen LogP contribution in [0.5, 0.6) is 11.5 Å². The summed E-state index contributed by atoms with van der Waals surface area (Å²) in [5.74, 6) is 1.26. The molecule has 0 aliphatic heterocycles. The number of ether oxygens (including phenoxy) is 2. The minimum absolute atomic E-state index is 0.0924. The molecule has 0 fully saturated rings. The number of unbranched alkanes of at least 4 members (excludes halogenated alkanes) is 1. The normalized spacial score (nSPS) is 10.1. The topological polar surface area (TPSA) is 83.4 Å². The van der Waals surface area contributed by atoms with Gasteiger partial charge in [-0.15, -0.1) is 0 Å². The minimum atomic E-state index is -0.0924. The summed E-state index contributed by atoms with van der Waals surface area (Å²) in [7, 11) is 3.23. The number of methoxy groups -OCH3 is 1. The molecule has 0 atom stereocenters. The summed E-state index contributed by atoms with van der Waals surface area (Å²) < 4.78 is 11.1. The first-order valence-corrected chi connectivity index (χ1v) is 8.86. The number of benzene rings is 2. The molecule has 0 unspecified atom stereocenters. The number of hydrogen-bond acceptors (Lipinski definition) is 5. The van der Waals surface area contributed by atoms with Crippen molar-refractivity contribution in [1.29, 1.82) is 5.26 Å². The van der Waals surface area contributed by atoms with Gasteiger partial charge >= 0.3 is 0 Å². The van der Waals surface area contributed by atoms with Crippen LogP contribution in [0, 0.1) is 11.3 Å². The Bertz CT molecular complexity index is 799. The van der Waals surface area contributed by atoms with E-state index in [4.69, 9.17) is 14.7 Å². The summed E-state index contributed by atoms with van der Waals surface area (Å²) in [6, 6.07) is 15.4. The average molecular weight is 367 g/mol. The van der Waals surface area contributed by atoms with Gasteiger partial charge in [0, 0.05) is 32.1 Å². The van der Waals surface area contributed by atoms with Crippen LogP contribution in [0.3, 0.4) is 0 Å². The monoisotopic (exact) mass is 367 g/mol. The van der Waals surface area contributed by atoms with Gasteiger partial charge in [-0.25, -0.2) is 0 Å². The maximum Gasteiger partial charge on any atom is 0.251 e. The Hall–Kier alpha value is -3.04. The predicted octanol–water partition coefficient (Wildman–Crippen LogP) is 3.03. The van der Waals surface area contributed by atoms with E-state index in [-0.39, 0.29) is 5.91 Å². The van der Waals surface area contributed by atoms with Crippen molar-refractivity contribution in [2.24, 2.45) is 0 Å². The van der Waals surface area contributed by atoms with Gasteiger partial charge in [-0.1, -0.05) is 18.2 Å². The first-order valence-electron chi connectivity index (χ1n) is 8.86. The Morgan fingerprint density at radius 3 is 2.59 bits per heavy atom. The molecule has 0 saturated carbocycles. The van der Waals surface area contributed by atoms with Crippen molar-refractivity contribution >= 4 is 5.91 Å². The fourth-order valence-corrected chi connectivity index (χ4v) is 2.60. The molecule has 2 aromatic rings. The molecule has 6 nitrogen and oxygen atoms in total. The standard InChI is InChI=1S/C21H25N3O3/c1-23-21(25)18-7-5-6-16(12-18)14-24-15-17-8-9-19(26-2)20(13-17)27-11-4-3-10-22/h5-9,12-13,24H,3-4,11,14-15H2,1-2H3,(H,23,25). The van der Waals surface area contributed by atoms with Crippen LogP contribution in [0.1, 0.15) is 34.3 Å². The van der Waals surface area contributed by atoms with Crippen molar-refractivity contribution < 1.29 is 14.3 Å².